The van der Waals surface area contributed by atoms with Gasteiger partial charge in [-0.15, -0.1) is 0 Å². The van der Waals surface area contributed by atoms with Gasteiger partial charge in [0.25, 0.3) is 5.56 Å². The Bertz CT molecular complexity index is 575. The highest BCUT2D eigenvalue weighted by Gasteiger charge is 2.15. The number of nitrogens with one attached hydrogen (secondary N) is 2. The molecule has 2 aromatic rings. The topological polar surface area (TPSA) is 76.3 Å². The highest BCUT2D eigenvalue weighted by molar-refractivity contribution is 5.70. The van der Waals surface area contributed by atoms with Crippen LogP contribution in [0.3, 0.4) is 0 Å². The van der Waals surface area contributed by atoms with Crippen LogP contribution in [0.15, 0.2) is 23.1 Å². The zero-order valence-electron chi connectivity index (χ0n) is 10.4. The molecule has 0 fully saturated rings. The summed E-state index contributed by atoms with van der Waals surface area (Å²) in [5.74, 6) is 1.51. The Kier molecular flexibility index (Phi) is 3.27. The van der Waals surface area contributed by atoms with Gasteiger partial charge in [0, 0.05) is 6.20 Å². The predicted octanol–water partition coefficient (Wildman–Crippen LogP) is 1.40. The van der Waals surface area contributed by atoms with Crippen molar-refractivity contribution in [1.82, 2.24) is 10.2 Å². The first-order valence-corrected chi connectivity index (χ1v) is 5.27. The monoisotopic (exact) mass is 250 g/mol. The first-order valence-electron chi connectivity index (χ1n) is 5.27. The molecule has 0 radical (unpaired) electrons. The van der Waals surface area contributed by atoms with E-state index in [4.69, 9.17) is 14.2 Å². The number of hydrogen-bond acceptors (Lipinski definition) is 4. The summed E-state index contributed by atoms with van der Waals surface area (Å²) in [4.78, 5) is 11.6. The largest absolute Gasteiger partial charge is 0.493 e. The third kappa shape index (κ3) is 1.92. The molecule has 1 aromatic carbocycles. The average Bonchev–Trinajstić information content (AvgIpc) is 2.83. The van der Waals surface area contributed by atoms with Crippen molar-refractivity contribution in [3.8, 4) is 28.4 Å². The second-order valence-electron chi connectivity index (χ2n) is 3.57. The predicted molar refractivity (Wildman–Crippen MR) is 66.5 cm³/mol. The molecule has 96 valence electrons. The SMILES string of the molecule is COc1cc(-c2c[nH][nH]c2=O)cc(OC)c1OC. The zero-order valence-corrected chi connectivity index (χ0v) is 10.4. The molecule has 0 unspecified atom stereocenters. The molecule has 0 aliphatic rings. The fraction of sp³-hybridized carbons (Fsp3) is 0.250. The lowest BCUT2D eigenvalue weighted by Crippen LogP contribution is -2.02. The summed E-state index contributed by atoms with van der Waals surface area (Å²) in [6.07, 6.45) is 1.59. The van der Waals surface area contributed by atoms with Crippen molar-refractivity contribution in [2.45, 2.75) is 0 Å². The van der Waals surface area contributed by atoms with Crippen LogP contribution in [-0.4, -0.2) is 31.5 Å². The van der Waals surface area contributed by atoms with E-state index < -0.39 is 0 Å². The smallest absolute Gasteiger partial charge is 0.271 e. The summed E-state index contributed by atoms with van der Waals surface area (Å²) < 4.78 is 15.7. The normalized spacial score (nSPS) is 10.2. The lowest BCUT2D eigenvalue weighted by Gasteiger charge is -2.13. The van der Waals surface area contributed by atoms with E-state index in [0.717, 1.165) is 0 Å². The molecule has 6 heteroatoms. The Morgan fingerprint density at radius 1 is 1.00 bits per heavy atom. The molecule has 0 aliphatic carbocycles. The van der Waals surface area contributed by atoms with E-state index in [9.17, 15) is 4.79 Å². The van der Waals surface area contributed by atoms with Crippen molar-refractivity contribution in [2.24, 2.45) is 0 Å². The highest BCUT2D eigenvalue weighted by atomic mass is 16.5. The van der Waals surface area contributed by atoms with Gasteiger partial charge < -0.3 is 19.3 Å². The molecular weight excluding hydrogens is 236 g/mol. The number of ether oxygens (including phenoxy) is 3. The van der Waals surface area contributed by atoms with Crippen LogP contribution in [0.25, 0.3) is 11.1 Å². The Labute approximate surface area is 103 Å². The average molecular weight is 250 g/mol. The van der Waals surface area contributed by atoms with Gasteiger partial charge >= 0.3 is 0 Å². The molecule has 0 saturated heterocycles. The van der Waals surface area contributed by atoms with E-state index in [2.05, 4.69) is 10.2 Å². The van der Waals surface area contributed by atoms with Crippen molar-refractivity contribution in [3.63, 3.8) is 0 Å². The van der Waals surface area contributed by atoms with Gasteiger partial charge in [-0.25, -0.2) is 0 Å². The standard InChI is InChI=1S/C12H14N2O4/c1-16-9-4-7(8-6-13-14-12(8)15)5-10(17-2)11(9)18-3/h4-6H,1-3H3,(H2,13,14,15). The number of benzene rings is 1. The van der Waals surface area contributed by atoms with Crippen molar-refractivity contribution in [1.29, 1.82) is 0 Å². The van der Waals surface area contributed by atoms with Crippen LogP contribution >= 0.6 is 0 Å². The van der Waals surface area contributed by atoms with Crippen LogP contribution in [0, 0.1) is 0 Å². The molecule has 0 aliphatic heterocycles. The maximum Gasteiger partial charge on any atom is 0.271 e. The van der Waals surface area contributed by atoms with Gasteiger partial charge in [0.2, 0.25) is 5.75 Å². The van der Waals surface area contributed by atoms with Crippen molar-refractivity contribution in [3.05, 3.63) is 28.7 Å². The lowest BCUT2D eigenvalue weighted by molar-refractivity contribution is 0.324. The Morgan fingerprint density at radius 3 is 2.00 bits per heavy atom. The number of H-pyrrole nitrogens is 2. The molecule has 0 saturated carbocycles. The summed E-state index contributed by atoms with van der Waals surface area (Å²) in [6, 6.07) is 3.44. The maximum atomic E-state index is 11.6. The van der Waals surface area contributed by atoms with E-state index >= 15 is 0 Å². The molecule has 18 heavy (non-hydrogen) atoms. The van der Waals surface area contributed by atoms with Crippen LogP contribution < -0.4 is 19.8 Å². The molecule has 2 rings (SSSR count). The Hall–Kier alpha value is -2.37. The van der Waals surface area contributed by atoms with E-state index in [1.807, 2.05) is 0 Å². The molecule has 0 bridgehead atoms. The molecule has 0 amide bonds. The van der Waals surface area contributed by atoms with Gasteiger partial charge in [-0.3, -0.25) is 9.89 Å². The Balaban J connectivity index is 2.64. The van der Waals surface area contributed by atoms with Crippen LogP contribution in [0.5, 0.6) is 17.2 Å². The Morgan fingerprint density at radius 2 is 1.61 bits per heavy atom. The first kappa shape index (κ1) is 12.1. The second kappa shape index (κ2) is 4.87. The number of aromatic amines is 2. The zero-order chi connectivity index (χ0) is 13.1. The number of hydrogen-bond donors (Lipinski definition) is 2. The van der Waals surface area contributed by atoms with Gasteiger partial charge in [-0.1, -0.05) is 0 Å². The van der Waals surface area contributed by atoms with Crippen LogP contribution in [0.1, 0.15) is 0 Å². The molecule has 1 aromatic heterocycles. The first-order chi connectivity index (χ1) is 8.71. The molecule has 0 atom stereocenters. The fourth-order valence-corrected chi connectivity index (χ4v) is 1.76. The second-order valence-corrected chi connectivity index (χ2v) is 3.57. The summed E-state index contributed by atoms with van der Waals surface area (Å²) >= 11 is 0. The van der Waals surface area contributed by atoms with Gasteiger partial charge in [0.05, 0.1) is 26.9 Å². The molecule has 2 N–H and O–H groups in total. The summed E-state index contributed by atoms with van der Waals surface area (Å²) in [5, 5.41) is 5.13. The summed E-state index contributed by atoms with van der Waals surface area (Å²) in [7, 11) is 4.59. The molecule has 6 nitrogen and oxygen atoms in total. The van der Waals surface area contributed by atoms with E-state index in [1.165, 1.54) is 21.3 Å². The number of aromatic nitrogens is 2. The minimum atomic E-state index is -0.204. The highest BCUT2D eigenvalue weighted by Crippen LogP contribution is 2.40. The van der Waals surface area contributed by atoms with Crippen LogP contribution in [-0.2, 0) is 0 Å². The van der Waals surface area contributed by atoms with E-state index in [0.29, 0.717) is 28.4 Å². The van der Waals surface area contributed by atoms with Gasteiger partial charge in [0.1, 0.15) is 0 Å². The summed E-state index contributed by atoms with van der Waals surface area (Å²) in [5.41, 5.74) is 0.991. The third-order valence-electron chi connectivity index (χ3n) is 2.62. The number of rotatable bonds is 4. The minimum absolute atomic E-state index is 0.204. The van der Waals surface area contributed by atoms with E-state index in [-0.39, 0.29) is 5.56 Å². The van der Waals surface area contributed by atoms with Crippen molar-refractivity contribution in [2.75, 3.05) is 21.3 Å². The lowest BCUT2D eigenvalue weighted by atomic mass is 10.1. The quantitative estimate of drug-likeness (QED) is 0.859. The molecule has 0 spiro atoms. The third-order valence-corrected chi connectivity index (χ3v) is 2.62. The summed E-state index contributed by atoms with van der Waals surface area (Å²) in [6.45, 7) is 0. The van der Waals surface area contributed by atoms with Gasteiger partial charge in [-0.2, -0.15) is 0 Å². The van der Waals surface area contributed by atoms with Gasteiger partial charge in [-0.05, 0) is 17.7 Å². The fourth-order valence-electron chi connectivity index (χ4n) is 1.76. The van der Waals surface area contributed by atoms with Crippen molar-refractivity contribution >= 4 is 0 Å². The maximum absolute atomic E-state index is 11.6. The van der Waals surface area contributed by atoms with Crippen LogP contribution in [0.4, 0.5) is 0 Å². The minimum Gasteiger partial charge on any atom is -0.493 e. The van der Waals surface area contributed by atoms with Crippen LogP contribution in [0.2, 0.25) is 0 Å². The molecule has 1 heterocycles. The van der Waals surface area contributed by atoms with Crippen molar-refractivity contribution < 1.29 is 14.2 Å². The molecular formula is C12H14N2O4. The van der Waals surface area contributed by atoms with Gasteiger partial charge in [0.15, 0.2) is 11.5 Å². The van der Waals surface area contributed by atoms with E-state index in [1.54, 1.807) is 18.3 Å². The number of methoxy groups -OCH3 is 3.